The van der Waals surface area contributed by atoms with Crippen LogP contribution in [-0.2, 0) is 6.54 Å². The lowest BCUT2D eigenvalue weighted by Gasteiger charge is -2.07. The van der Waals surface area contributed by atoms with Crippen molar-refractivity contribution in [2.45, 2.75) is 6.54 Å². The average molecular weight is 297 g/mol. The third-order valence-electron chi connectivity index (χ3n) is 3.32. The Hall–Kier alpha value is -3.22. The first-order valence-electron chi connectivity index (χ1n) is 6.45. The number of aromatic amines is 1. The van der Waals surface area contributed by atoms with Gasteiger partial charge in [-0.3, -0.25) is 14.3 Å². The topological polar surface area (TPSA) is 105 Å². The smallest absolute Gasteiger partial charge is 0.335 e. The number of benzene rings is 1. The molecule has 0 aliphatic heterocycles. The summed E-state index contributed by atoms with van der Waals surface area (Å²) in [5.74, 6) is -1.12. The summed E-state index contributed by atoms with van der Waals surface area (Å²) in [6, 6.07) is 7.44. The fourth-order valence-electron chi connectivity index (χ4n) is 2.20. The minimum absolute atomic E-state index is 0.00873. The van der Waals surface area contributed by atoms with E-state index in [4.69, 9.17) is 5.11 Å². The second kappa shape index (κ2) is 5.28. The van der Waals surface area contributed by atoms with Gasteiger partial charge in [0.1, 0.15) is 0 Å². The number of carboxylic acids is 1. The van der Waals surface area contributed by atoms with E-state index in [9.17, 15) is 14.4 Å². The Morgan fingerprint density at radius 2 is 1.91 bits per heavy atom. The van der Waals surface area contributed by atoms with Crippen LogP contribution in [-0.4, -0.2) is 25.6 Å². The van der Waals surface area contributed by atoms with E-state index in [0.29, 0.717) is 0 Å². The van der Waals surface area contributed by atoms with Gasteiger partial charge in [0, 0.05) is 12.4 Å². The van der Waals surface area contributed by atoms with Gasteiger partial charge in [0.05, 0.1) is 23.0 Å². The lowest BCUT2D eigenvalue weighted by Crippen LogP contribution is -2.35. The van der Waals surface area contributed by atoms with Crippen LogP contribution in [0.2, 0.25) is 0 Å². The SMILES string of the molecule is O=C(O)c1ccc2c(=O)n(Cc3ccncc3)c(=O)[nH]c2c1. The average Bonchev–Trinajstić information content (AvgIpc) is 2.52. The molecule has 3 aromatic rings. The summed E-state index contributed by atoms with van der Waals surface area (Å²) in [5, 5.41) is 9.21. The van der Waals surface area contributed by atoms with Crippen LogP contribution in [0.1, 0.15) is 15.9 Å². The van der Waals surface area contributed by atoms with Gasteiger partial charge in [0.15, 0.2) is 0 Å². The first kappa shape index (κ1) is 13.7. The molecular weight excluding hydrogens is 286 g/mol. The van der Waals surface area contributed by atoms with Crippen molar-refractivity contribution in [3.05, 3.63) is 74.7 Å². The highest BCUT2D eigenvalue weighted by atomic mass is 16.4. The Labute approximate surface area is 123 Å². The van der Waals surface area contributed by atoms with Crippen molar-refractivity contribution in [2.75, 3.05) is 0 Å². The van der Waals surface area contributed by atoms with Crippen LogP contribution in [0.5, 0.6) is 0 Å². The van der Waals surface area contributed by atoms with Crippen LogP contribution < -0.4 is 11.2 Å². The van der Waals surface area contributed by atoms with Gasteiger partial charge < -0.3 is 10.1 Å². The van der Waals surface area contributed by atoms with Gasteiger partial charge in [-0.2, -0.15) is 0 Å². The normalized spacial score (nSPS) is 10.7. The number of nitrogens with one attached hydrogen (secondary N) is 1. The van der Waals surface area contributed by atoms with E-state index in [-0.39, 0.29) is 23.0 Å². The molecule has 0 unspecified atom stereocenters. The van der Waals surface area contributed by atoms with E-state index in [1.165, 1.54) is 18.2 Å². The molecule has 2 N–H and O–H groups in total. The number of hydrogen-bond donors (Lipinski definition) is 2. The molecule has 7 nitrogen and oxygen atoms in total. The Bertz CT molecular complexity index is 973. The lowest BCUT2D eigenvalue weighted by molar-refractivity contribution is 0.0697. The van der Waals surface area contributed by atoms with Crippen molar-refractivity contribution in [3.8, 4) is 0 Å². The monoisotopic (exact) mass is 297 g/mol. The molecule has 3 rings (SSSR count). The summed E-state index contributed by atoms with van der Waals surface area (Å²) in [4.78, 5) is 41.9. The van der Waals surface area contributed by atoms with Crippen molar-refractivity contribution in [1.29, 1.82) is 0 Å². The van der Waals surface area contributed by atoms with Crippen LogP contribution in [0.25, 0.3) is 10.9 Å². The highest BCUT2D eigenvalue weighted by Crippen LogP contribution is 2.09. The van der Waals surface area contributed by atoms with Crippen molar-refractivity contribution in [1.82, 2.24) is 14.5 Å². The molecule has 0 aliphatic rings. The number of fused-ring (bicyclic) bond motifs is 1. The van der Waals surface area contributed by atoms with Gasteiger partial charge in [-0.05, 0) is 35.9 Å². The molecule has 0 amide bonds. The predicted molar refractivity (Wildman–Crippen MR) is 79.1 cm³/mol. The zero-order valence-corrected chi connectivity index (χ0v) is 11.3. The summed E-state index contributed by atoms with van der Waals surface area (Å²) in [6.45, 7) is 0.118. The number of aromatic nitrogens is 3. The molecule has 1 aromatic carbocycles. The summed E-state index contributed by atoms with van der Waals surface area (Å²) in [6.07, 6.45) is 3.16. The first-order valence-corrected chi connectivity index (χ1v) is 6.45. The van der Waals surface area contributed by atoms with Crippen molar-refractivity contribution >= 4 is 16.9 Å². The van der Waals surface area contributed by atoms with Gasteiger partial charge in [0.2, 0.25) is 0 Å². The fraction of sp³-hybridized carbons (Fsp3) is 0.0667. The molecule has 0 atom stereocenters. The molecule has 0 spiro atoms. The molecule has 7 heteroatoms. The van der Waals surface area contributed by atoms with Crippen LogP contribution in [0.4, 0.5) is 0 Å². The van der Waals surface area contributed by atoms with Crippen molar-refractivity contribution in [3.63, 3.8) is 0 Å². The highest BCUT2D eigenvalue weighted by Gasteiger charge is 2.10. The molecular formula is C15H11N3O4. The number of H-pyrrole nitrogens is 1. The van der Waals surface area contributed by atoms with E-state index in [2.05, 4.69) is 9.97 Å². The third kappa shape index (κ3) is 2.39. The third-order valence-corrected chi connectivity index (χ3v) is 3.32. The Morgan fingerprint density at radius 3 is 2.59 bits per heavy atom. The Morgan fingerprint density at radius 1 is 1.18 bits per heavy atom. The van der Waals surface area contributed by atoms with Crippen LogP contribution in [0.15, 0.2) is 52.3 Å². The van der Waals surface area contributed by atoms with Crippen molar-refractivity contribution < 1.29 is 9.90 Å². The van der Waals surface area contributed by atoms with E-state index >= 15 is 0 Å². The first-order chi connectivity index (χ1) is 10.6. The largest absolute Gasteiger partial charge is 0.478 e. The second-order valence-corrected chi connectivity index (χ2v) is 4.74. The number of carboxylic acid groups (broad SMARTS) is 1. The van der Waals surface area contributed by atoms with Gasteiger partial charge >= 0.3 is 11.7 Å². The Balaban J connectivity index is 2.17. The van der Waals surface area contributed by atoms with E-state index in [1.54, 1.807) is 24.5 Å². The molecule has 0 fully saturated rings. The van der Waals surface area contributed by atoms with Crippen molar-refractivity contribution in [2.24, 2.45) is 0 Å². The minimum Gasteiger partial charge on any atom is -0.478 e. The van der Waals surface area contributed by atoms with E-state index < -0.39 is 17.2 Å². The highest BCUT2D eigenvalue weighted by molar-refractivity contribution is 5.92. The number of nitrogens with zero attached hydrogens (tertiary/aromatic N) is 2. The molecule has 2 aromatic heterocycles. The minimum atomic E-state index is -1.12. The van der Waals surface area contributed by atoms with Crippen LogP contribution >= 0.6 is 0 Å². The summed E-state index contributed by atoms with van der Waals surface area (Å²) >= 11 is 0. The standard InChI is InChI=1S/C15H11N3O4/c19-13-11-2-1-10(14(20)21)7-12(11)17-15(22)18(13)8-9-3-5-16-6-4-9/h1-7H,8H2,(H,17,22)(H,20,21). The number of carbonyl (C=O) groups is 1. The zero-order valence-electron chi connectivity index (χ0n) is 11.3. The second-order valence-electron chi connectivity index (χ2n) is 4.74. The number of pyridine rings is 1. The summed E-state index contributed by atoms with van der Waals surface area (Å²) in [5.41, 5.74) is -0.0660. The van der Waals surface area contributed by atoms with Gasteiger partial charge in [-0.1, -0.05) is 0 Å². The number of hydrogen-bond acceptors (Lipinski definition) is 4. The van der Waals surface area contributed by atoms with Crippen LogP contribution in [0, 0.1) is 0 Å². The molecule has 22 heavy (non-hydrogen) atoms. The maximum absolute atomic E-state index is 12.4. The van der Waals surface area contributed by atoms with Crippen LogP contribution in [0.3, 0.4) is 0 Å². The number of aromatic carboxylic acids is 1. The fourth-order valence-corrected chi connectivity index (χ4v) is 2.20. The predicted octanol–water partition coefficient (Wildman–Crippen LogP) is 0.831. The zero-order chi connectivity index (χ0) is 15.7. The quantitative estimate of drug-likeness (QED) is 0.745. The van der Waals surface area contributed by atoms with Gasteiger partial charge in [0.25, 0.3) is 5.56 Å². The molecule has 110 valence electrons. The van der Waals surface area contributed by atoms with E-state index in [0.717, 1.165) is 10.1 Å². The number of rotatable bonds is 3. The van der Waals surface area contributed by atoms with E-state index in [1.807, 2.05) is 0 Å². The Kier molecular flexibility index (Phi) is 3.30. The summed E-state index contributed by atoms with van der Waals surface area (Å²) in [7, 11) is 0. The molecule has 0 saturated carbocycles. The lowest BCUT2D eigenvalue weighted by atomic mass is 10.1. The molecule has 0 bridgehead atoms. The molecule has 0 radical (unpaired) electrons. The maximum atomic E-state index is 12.4. The molecule has 0 saturated heterocycles. The van der Waals surface area contributed by atoms with Gasteiger partial charge in [-0.25, -0.2) is 9.59 Å². The van der Waals surface area contributed by atoms with Gasteiger partial charge in [-0.15, -0.1) is 0 Å². The molecule has 2 heterocycles. The maximum Gasteiger partial charge on any atom is 0.335 e. The molecule has 0 aliphatic carbocycles. The summed E-state index contributed by atoms with van der Waals surface area (Å²) < 4.78 is 1.07.